The summed E-state index contributed by atoms with van der Waals surface area (Å²) >= 11 is 0. The first-order chi connectivity index (χ1) is 24.4. The molecule has 12 heteroatoms. The van der Waals surface area contributed by atoms with Crippen LogP contribution in [0.4, 0.5) is 0 Å². The van der Waals surface area contributed by atoms with Gasteiger partial charge in [-0.15, -0.1) is 0 Å². The van der Waals surface area contributed by atoms with Crippen LogP contribution >= 0.6 is 0 Å². The van der Waals surface area contributed by atoms with Crippen molar-refractivity contribution in [3.63, 3.8) is 0 Å². The number of nitrogens with one attached hydrogen (secondary N) is 2. The molecule has 3 amide bonds. The number of nitrogens with zero attached hydrogens (tertiary/aromatic N) is 2. The molecule has 0 aliphatic carbocycles. The fourth-order valence-corrected chi connectivity index (χ4v) is 6.42. The van der Waals surface area contributed by atoms with Gasteiger partial charge in [-0.1, -0.05) is 48.9 Å². The number of likely N-dealkylation sites (tertiary alicyclic amines) is 2. The molecule has 0 saturated carbocycles. The predicted octanol–water partition coefficient (Wildman–Crippen LogP) is 3.80. The summed E-state index contributed by atoms with van der Waals surface area (Å²) in [6.07, 6.45) is 4.20. The maximum atomic E-state index is 13.6. The molecule has 4 rings (SSSR count). The Morgan fingerprint density at radius 3 is 2.35 bits per heavy atom. The van der Waals surface area contributed by atoms with Crippen LogP contribution in [0.15, 0.2) is 54.6 Å². The van der Waals surface area contributed by atoms with E-state index in [4.69, 9.17) is 14.2 Å². The third-order valence-corrected chi connectivity index (χ3v) is 9.17. The fraction of sp³-hybridized carbons (Fsp3) is 0.564. The molecule has 2 aromatic rings. The second-order valence-corrected chi connectivity index (χ2v) is 14.3. The van der Waals surface area contributed by atoms with E-state index in [1.165, 1.54) is 0 Å². The lowest BCUT2D eigenvalue weighted by atomic mass is 9.96. The van der Waals surface area contributed by atoms with Crippen LogP contribution in [-0.2, 0) is 46.5 Å². The third-order valence-electron chi connectivity index (χ3n) is 9.17. The van der Waals surface area contributed by atoms with Crippen molar-refractivity contribution in [2.75, 3.05) is 39.8 Å². The van der Waals surface area contributed by atoms with E-state index in [1.807, 2.05) is 80.3 Å². The average molecular weight is 707 g/mol. The van der Waals surface area contributed by atoms with Crippen molar-refractivity contribution in [1.29, 1.82) is 0 Å². The lowest BCUT2D eigenvalue weighted by Crippen LogP contribution is -2.53. The van der Waals surface area contributed by atoms with Crippen LogP contribution in [0.2, 0.25) is 0 Å². The highest BCUT2D eigenvalue weighted by molar-refractivity contribution is 5.92. The van der Waals surface area contributed by atoms with Crippen molar-refractivity contribution < 1.29 is 38.2 Å². The molecule has 3 atom stereocenters. The van der Waals surface area contributed by atoms with Crippen LogP contribution in [0.5, 0.6) is 5.75 Å². The van der Waals surface area contributed by atoms with Gasteiger partial charge in [0.15, 0.2) is 0 Å². The zero-order valence-corrected chi connectivity index (χ0v) is 30.5. The van der Waals surface area contributed by atoms with Gasteiger partial charge in [-0.2, -0.15) is 0 Å². The van der Waals surface area contributed by atoms with Crippen molar-refractivity contribution in [3.8, 4) is 5.75 Å². The number of ether oxygens (including phenoxy) is 3. The molecule has 2 unspecified atom stereocenters. The summed E-state index contributed by atoms with van der Waals surface area (Å²) in [5.74, 6) is -1.64. The summed E-state index contributed by atoms with van der Waals surface area (Å²) in [5, 5.41) is 5.64. The molecule has 2 heterocycles. The van der Waals surface area contributed by atoms with Crippen LogP contribution in [-0.4, -0.2) is 97.0 Å². The van der Waals surface area contributed by atoms with Crippen molar-refractivity contribution in [3.05, 3.63) is 65.7 Å². The van der Waals surface area contributed by atoms with E-state index in [0.717, 1.165) is 36.3 Å². The van der Waals surface area contributed by atoms with Crippen molar-refractivity contribution in [1.82, 2.24) is 20.4 Å². The van der Waals surface area contributed by atoms with Crippen molar-refractivity contribution in [2.45, 2.75) is 96.4 Å². The maximum absolute atomic E-state index is 13.6. The van der Waals surface area contributed by atoms with E-state index in [-0.39, 0.29) is 49.8 Å². The predicted molar refractivity (Wildman–Crippen MR) is 191 cm³/mol. The van der Waals surface area contributed by atoms with Gasteiger partial charge in [-0.3, -0.25) is 28.9 Å². The number of amides is 3. The van der Waals surface area contributed by atoms with Gasteiger partial charge >= 0.3 is 11.9 Å². The van der Waals surface area contributed by atoms with Gasteiger partial charge in [-0.05, 0) is 82.7 Å². The Balaban J connectivity index is 1.33. The lowest BCUT2D eigenvalue weighted by molar-refractivity contribution is -0.163. The minimum Gasteiger partial charge on any atom is -0.497 e. The summed E-state index contributed by atoms with van der Waals surface area (Å²) in [6, 6.07) is 15.2. The number of carbonyl (C=O) groups is 5. The highest BCUT2D eigenvalue weighted by atomic mass is 16.6. The van der Waals surface area contributed by atoms with Crippen molar-refractivity contribution >= 4 is 29.7 Å². The van der Waals surface area contributed by atoms with Gasteiger partial charge in [0.25, 0.3) is 0 Å². The monoisotopic (exact) mass is 706 g/mol. The SMILES string of the molecule is COc1ccc(CCNC(=O)C(CC(=O)OCc2ccccc2)NC(=O)[C@@H]2CCCN(C(=O)CCN3CCCCC3C(=O)OC(C)(C)C)C2)cc1. The van der Waals surface area contributed by atoms with E-state index in [2.05, 4.69) is 10.6 Å². The number of piperidine rings is 2. The summed E-state index contributed by atoms with van der Waals surface area (Å²) in [6.45, 7) is 7.79. The minimum absolute atomic E-state index is 0.0507. The Hall–Kier alpha value is -4.45. The Morgan fingerprint density at radius 1 is 0.902 bits per heavy atom. The largest absolute Gasteiger partial charge is 0.497 e. The molecule has 0 radical (unpaired) electrons. The zero-order valence-electron chi connectivity index (χ0n) is 30.5. The summed E-state index contributed by atoms with van der Waals surface area (Å²) < 4.78 is 16.3. The fourth-order valence-electron chi connectivity index (χ4n) is 6.42. The lowest BCUT2D eigenvalue weighted by Gasteiger charge is -2.37. The second-order valence-electron chi connectivity index (χ2n) is 14.3. The van der Waals surface area contributed by atoms with Crippen LogP contribution in [0.25, 0.3) is 0 Å². The van der Waals surface area contributed by atoms with Gasteiger partial charge in [0.2, 0.25) is 17.7 Å². The van der Waals surface area contributed by atoms with Crippen LogP contribution in [0.3, 0.4) is 0 Å². The molecule has 278 valence electrons. The van der Waals surface area contributed by atoms with Gasteiger partial charge in [0.05, 0.1) is 19.4 Å². The number of methoxy groups -OCH3 is 1. The molecule has 0 bridgehead atoms. The molecule has 0 aromatic heterocycles. The van der Waals surface area contributed by atoms with Gasteiger partial charge in [0.1, 0.15) is 30.0 Å². The summed E-state index contributed by atoms with van der Waals surface area (Å²) in [5.41, 5.74) is 1.22. The topological polar surface area (TPSA) is 144 Å². The first kappa shape index (κ1) is 39.3. The summed E-state index contributed by atoms with van der Waals surface area (Å²) in [4.78, 5) is 69.8. The molecule has 2 saturated heterocycles. The van der Waals surface area contributed by atoms with Crippen LogP contribution in [0.1, 0.15) is 76.8 Å². The number of benzene rings is 2. The molecule has 2 fully saturated rings. The van der Waals surface area contributed by atoms with Gasteiger partial charge in [0, 0.05) is 32.6 Å². The first-order valence-corrected chi connectivity index (χ1v) is 18.1. The van der Waals surface area contributed by atoms with E-state index < -0.39 is 29.4 Å². The third kappa shape index (κ3) is 13.0. The molecule has 0 spiro atoms. The van der Waals surface area contributed by atoms with E-state index in [9.17, 15) is 24.0 Å². The average Bonchev–Trinajstić information content (AvgIpc) is 3.12. The molecular formula is C39H54N4O8. The molecule has 12 nitrogen and oxygen atoms in total. The number of carbonyl (C=O) groups excluding carboxylic acids is 5. The second kappa shape index (κ2) is 19.2. The normalized spacial score (nSPS) is 18.6. The number of hydrogen-bond donors (Lipinski definition) is 2. The molecule has 2 N–H and O–H groups in total. The maximum Gasteiger partial charge on any atom is 0.323 e. The van der Waals surface area contributed by atoms with Gasteiger partial charge < -0.3 is 29.7 Å². The Kier molecular flexibility index (Phi) is 14.8. The molecule has 2 aliphatic heterocycles. The highest BCUT2D eigenvalue weighted by Gasteiger charge is 2.35. The number of esters is 2. The minimum atomic E-state index is -1.15. The zero-order chi connectivity index (χ0) is 36.8. The molecular weight excluding hydrogens is 652 g/mol. The van der Waals surface area contributed by atoms with Crippen molar-refractivity contribution in [2.24, 2.45) is 5.92 Å². The summed E-state index contributed by atoms with van der Waals surface area (Å²) in [7, 11) is 1.59. The van der Waals surface area contributed by atoms with E-state index in [0.29, 0.717) is 45.3 Å². The smallest absolute Gasteiger partial charge is 0.323 e. The number of hydrogen-bond acceptors (Lipinski definition) is 9. The standard InChI is InChI=1S/C39H54N4O8/c1-39(2,3)51-38(48)33-14-8-9-22-42(33)24-20-34(44)43-23-10-13-30(26-43)36(46)41-32(25-35(45)50-27-29-11-6-5-7-12-29)37(47)40-21-19-28-15-17-31(49-4)18-16-28/h5-7,11-12,15-18,30,32-33H,8-10,13-14,19-27H2,1-4H3,(H,40,47)(H,41,46)/t30-,32?,33?/m1/s1. The molecule has 51 heavy (non-hydrogen) atoms. The van der Waals surface area contributed by atoms with E-state index in [1.54, 1.807) is 12.0 Å². The number of rotatable bonds is 15. The Labute approximate surface area is 301 Å². The molecule has 2 aromatic carbocycles. The molecule has 2 aliphatic rings. The first-order valence-electron chi connectivity index (χ1n) is 18.1. The quantitative estimate of drug-likeness (QED) is 0.265. The Morgan fingerprint density at radius 2 is 1.65 bits per heavy atom. The van der Waals surface area contributed by atoms with Crippen LogP contribution < -0.4 is 15.4 Å². The van der Waals surface area contributed by atoms with E-state index >= 15 is 0 Å². The highest BCUT2D eigenvalue weighted by Crippen LogP contribution is 2.23. The van der Waals surface area contributed by atoms with Gasteiger partial charge in [-0.25, -0.2) is 0 Å². The Bertz CT molecular complexity index is 1460. The van der Waals surface area contributed by atoms with Crippen LogP contribution in [0, 0.1) is 5.92 Å².